The van der Waals surface area contributed by atoms with Crippen molar-refractivity contribution >= 4 is 17.7 Å². The quantitative estimate of drug-likeness (QED) is 0.718. The predicted molar refractivity (Wildman–Crippen MR) is 63.1 cm³/mol. The van der Waals surface area contributed by atoms with Gasteiger partial charge in [0.15, 0.2) is 0 Å². The molecule has 3 nitrogen and oxygen atoms in total. The third-order valence-electron chi connectivity index (χ3n) is 1.73. The summed E-state index contributed by atoms with van der Waals surface area (Å²) in [7, 11) is 0. The van der Waals surface area contributed by atoms with Crippen molar-refractivity contribution in [2.45, 2.75) is 6.42 Å². The Morgan fingerprint density at radius 3 is 2.67 bits per heavy atom. The van der Waals surface area contributed by atoms with Gasteiger partial charge in [0.2, 0.25) is 5.91 Å². The van der Waals surface area contributed by atoms with Gasteiger partial charge >= 0.3 is 0 Å². The van der Waals surface area contributed by atoms with Crippen LogP contribution in [0.5, 0.6) is 5.75 Å². The number of nitrogens with two attached hydrogens (primary N) is 1. The van der Waals surface area contributed by atoms with Gasteiger partial charge in [-0.2, -0.15) is 11.8 Å². The third kappa shape index (κ3) is 6.01. The largest absolute Gasteiger partial charge is 0.493 e. The highest BCUT2D eigenvalue weighted by Crippen LogP contribution is 2.09. The van der Waals surface area contributed by atoms with Gasteiger partial charge in [-0.15, -0.1) is 0 Å². The van der Waals surface area contributed by atoms with Crippen LogP contribution in [0.3, 0.4) is 0 Å². The minimum Gasteiger partial charge on any atom is -0.493 e. The molecule has 0 spiro atoms. The first kappa shape index (κ1) is 11.9. The van der Waals surface area contributed by atoms with Crippen molar-refractivity contribution in [1.29, 1.82) is 0 Å². The average Bonchev–Trinajstić information content (AvgIpc) is 2.24. The van der Waals surface area contributed by atoms with E-state index >= 15 is 0 Å². The Morgan fingerprint density at radius 1 is 1.27 bits per heavy atom. The molecular weight excluding hydrogens is 210 g/mol. The second-order valence-electron chi connectivity index (χ2n) is 2.99. The van der Waals surface area contributed by atoms with Crippen molar-refractivity contribution < 1.29 is 9.53 Å². The Bertz CT molecular complexity index is 290. The molecule has 0 saturated heterocycles. The topological polar surface area (TPSA) is 52.3 Å². The summed E-state index contributed by atoms with van der Waals surface area (Å²) in [6.45, 7) is 0.660. The van der Waals surface area contributed by atoms with E-state index in [0.29, 0.717) is 13.0 Å². The predicted octanol–water partition coefficient (Wildman–Crippen LogP) is 1.67. The molecule has 0 atom stereocenters. The summed E-state index contributed by atoms with van der Waals surface area (Å²) in [4.78, 5) is 10.4. The van der Waals surface area contributed by atoms with Crippen molar-refractivity contribution in [1.82, 2.24) is 0 Å². The van der Waals surface area contributed by atoms with E-state index in [0.717, 1.165) is 17.3 Å². The van der Waals surface area contributed by atoms with Crippen molar-refractivity contribution in [3.8, 4) is 5.75 Å². The average molecular weight is 225 g/mol. The van der Waals surface area contributed by atoms with Crippen LogP contribution in [0.1, 0.15) is 6.42 Å². The summed E-state index contributed by atoms with van der Waals surface area (Å²) >= 11 is 1.67. The maximum Gasteiger partial charge on any atom is 0.218 e. The van der Waals surface area contributed by atoms with E-state index in [1.165, 1.54) is 0 Å². The fraction of sp³-hybridized carbons (Fsp3) is 0.364. The van der Waals surface area contributed by atoms with Crippen LogP contribution in [0.25, 0.3) is 0 Å². The first-order valence-electron chi connectivity index (χ1n) is 4.83. The van der Waals surface area contributed by atoms with Crippen LogP contribution in [-0.4, -0.2) is 24.0 Å². The Balaban J connectivity index is 2.00. The molecule has 0 heterocycles. The Morgan fingerprint density at radius 2 is 2.00 bits per heavy atom. The second kappa shape index (κ2) is 7.17. The Labute approximate surface area is 94.0 Å². The van der Waals surface area contributed by atoms with Gasteiger partial charge in [0, 0.05) is 17.9 Å². The van der Waals surface area contributed by atoms with E-state index < -0.39 is 0 Å². The molecule has 0 aliphatic rings. The van der Waals surface area contributed by atoms with E-state index in [-0.39, 0.29) is 5.91 Å². The van der Waals surface area contributed by atoms with Crippen LogP contribution >= 0.6 is 11.8 Å². The highest BCUT2D eigenvalue weighted by atomic mass is 32.2. The number of carbonyl (C=O) groups is 1. The van der Waals surface area contributed by atoms with Crippen LogP contribution in [0.2, 0.25) is 0 Å². The molecular formula is C11H15NO2S. The van der Waals surface area contributed by atoms with Crippen molar-refractivity contribution in [3.05, 3.63) is 30.3 Å². The van der Waals surface area contributed by atoms with Crippen LogP contribution < -0.4 is 10.5 Å². The van der Waals surface area contributed by atoms with Crippen LogP contribution in [0.15, 0.2) is 30.3 Å². The number of rotatable bonds is 7. The summed E-state index contributed by atoms with van der Waals surface area (Å²) in [6, 6.07) is 9.68. The number of carbonyl (C=O) groups excluding carboxylic acids is 1. The molecule has 4 heteroatoms. The molecule has 1 aromatic rings. The fourth-order valence-corrected chi connectivity index (χ4v) is 1.76. The molecule has 0 aromatic heterocycles. The molecule has 0 fully saturated rings. The fourth-order valence-electron chi connectivity index (χ4n) is 1.01. The van der Waals surface area contributed by atoms with Crippen molar-refractivity contribution in [2.24, 2.45) is 5.73 Å². The standard InChI is InChI=1S/C11H15NO2S/c12-11(13)6-8-15-9-7-14-10-4-2-1-3-5-10/h1-5H,6-9H2,(H2,12,13). The highest BCUT2D eigenvalue weighted by molar-refractivity contribution is 7.99. The highest BCUT2D eigenvalue weighted by Gasteiger charge is 1.95. The lowest BCUT2D eigenvalue weighted by atomic mass is 10.3. The minimum atomic E-state index is -0.244. The molecule has 1 amide bonds. The first-order valence-corrected chi connectivity index (χ1v) is 5.98. The van der Waals surface area contributed by atoms with Gasteiger partial charge in [0.1, 0.15) is 5.75 Å². The molecule has 0 aliphatic carbocycles. The number of amides is 1. The van der Waals surface area contributed by atoms with E-state index in [9.17, 15) is 4.79 Å². The van der Waals surface area contributed by atoms with E-state index in [1.807, 2.05) is 30.3 Å². The summed E-state index contributed by atoms with van der Waals surface area (Å²) < 4.78 is 5.48. The molecule has 0 aliphatic heterocycles. The number of hydrogen-bond donors (Lipinski definition) is 1. The van der Waals surface area contributed by atoms with Gasteiger partial charge in [-0.3, -0.25) is 4.79 Å². The van der Waals surface area contributed by atoms with Gasteiger partial charge in [-0.05, 0) is 12.1 Å². The lowest BCUT2D eigenvalue weighted by Crippen LogP contribution is -2.11. The van der Waals surface area contributed by atoms with Crippen LogP contribution in [0.4, 0.5) is 0 Å². The molecule has 1 rings (SSSR count). The number of hydrogen-bond acceptors (Lipinski definition) is 3. The summed E-state index contributed by atoms with van der Waals surface area (Å²) in [5, 5.41) is 0. The smallest absolute Gasteiger partial charge is 0.218 e. The van der Waals surface area contributed by atoms with Gasteiger partial charge in [-0.25, -0.2) is 0 Å². The molecule has 0 bridgehead atoms. The number of primary amides is 1. The number of benzene rings is 1. The zero-order valence-corrected chi connectivity index (χ0v) is 9.33. The molecule has 0 saturated carbocycles. The number of para-hydroxylation sites is 1. The number of thioether (sulfide) groups is 1. The normalized spacial score (nSPS) is 9.87. The molecule has 1 aromatic carbocycles. The Hall–Kier alpha value is -1.16. The molecule has 82 valence electrons. The van der Waals surface area contributed by atoms with Crippen LogP contribution in [-0.2, 0) is 4.79 Å². The van der Waals surface area contributed by atoms with Crippen molar-refractivity contribution in [3.63, 3.8) is 0 Å². The van der Waals surface area contributed by atoms with Gasteiger partial charge in [0.25, 0.3) is 0 Å². The summed E-state index contributed by atoms with van der Waals surface area (Å²) in [5.74, 6) is 2.29. The summed E-state index contributed by atoms with van der Waals surface area (Å²) in [6.07, 6.45) is 0.440. The zero-order chi connectivity index (χ0) is 10.9. The second-order valence-corrected chi connectivity index (χ2v) is 4.21. The SMILES string of the molecule is NC(=O)CCSCCOc1ccccc1. The maximum atomic E-state index is 10.4. The molecule has 15 heavy (non-hydrogen) atoms. The van der Waals surface area contributed by atoms with Gasteiger partial charge in [0.05, 0.1) is 6.61 Å². The first-order chi connectivity index (χ1) is 7.29. The zero-order valence-electron chi connectivity index (χ0n) is 8.52. The van der Waals surface area contributed by atoms with Gasteiger partial charge < -0.3 is 10.5 Å². The molecule has 2 N–H and O–H groups in total. The lowest BCUT2D eigenvalue weighted by Gasteiger charge is -2.04. The van der Waals surface area contributed by atoms with E-state index in [4.69, 9.17) is 10.5 Å². The van der Waals surface area contributed by atoms with Gasteiger partial charge in [-0.1, -0.05) is 18.2 Å². The van der Waals surface area contributed by atoms with Crippen molar-refractivity contribution in [2.75, 3.05) is 18.1 Å². The van der Waals surface area contributed by atoms with E-state index in [1.54, 1.807) is 11.8 Å². The molecule has 0 radical (unpaired) electrons. The Kier molecular flexibility index (Phi) is 5.70. The lowest BCUT2D eigenvalue weighted by molar-refractivity contribution is -0.117. The molecule has 0 unspecified atom stereocenters. The number of ether oxygens (including phenoxy) is 1. The third-order valence-corrected chi connectivity index (χ3v) is 2.68. The maximum absolute atomic E-state index is 10.4. The van der Waals surface area contributed by atoms with E-state index in [2.05, 4.69) is 0 Å². The van der Waals surface area contributed by atoms with Crippen LogP contribution in [0, 0.1) is 0 Å². The minimum absolute atomic E-state index is 0.244. The monoisotopic (exact) mass is 225 g/mol. The summed E-state index contributed by atoms with van der Waals surface area (Å²) in [5.41, 5.74) is 5.01.